The van der Waals surface area contributed by atoms with E-state index in [2.05, 4.69) is 17.1 Å². The summed E-state index contributed by atoms with van der Waals surface area (Å²) in [6.45, 7) is 5.94. The van der Waals surface area contributed by atoms with Crippen LogP contribution in [-0.4, -0.2) is 39.5 Å². The second kappa shape index (κ2) is 9.19. The van der Waals surface area contributed by atoms with Gasteiger partial charge in [-0.25, -0.2) is 18.8 Å². The van der Waals surface area contributed by atoms with Crippen LogP contribution in [0.15, 0.2) is 46.4 Å². The Morgan fingerprint density at radius 3 is 2.64 bits per heavy atom. The molecule has 0 saturated heterocycles. The number of nitrogens with zero attached hydrogens (tertiary/aromatic N) is 3. The van der Waals surface area contributed by atoms with Crippen LogP contribution < -0.4 is 10.5 Å². The molecule has 4 atom stereocenters. The molecule has 1 saturated carbocycles. The molecule has 0 aromatic heterocycles. The van der Waals surface area contributed by atoms with Crippen molar-refractivity contribution in [3.63, 3.8) is 0 Å². The molecule has 8 rings (SSSR count). The first-order valence-electron chi connectivity index (χ1n) is 15.0. The largest absolute Gasteiger partial charge is 0.487 e. The van der Waals surface area contributed by atoms with E-state index in [0.717, 1.165) is 24.8 Å². The number of alkyl halides is 2. The zero-order valence-corrected chi connectivity index (χ0v) is 24.3. The van der Waals surface area contributed by atoms with E-state index in [-0.39, 0.29) is 41.4 Å². The van der Waals surface area contributed by atoms with Gasteiger partial charge in [-0.2, -0.15) is 0 Å². The second-order valence-corrected chi connectivity index (χ2v) is 13.3. The highest BCUT2D eigenvalue weighted by molar-refractivity contribution is 6.12. The number of fused-ring (bicyclic) bond motifs is 3. The number of halogens is 2. The third-order valence-electron chi connectivity index (χ3n) is 9.96. The van der Waals surface area contributed by atoms with Gasteiger partial charge in [-0.3, -0.25) is 14.5 Å². The second-order valence-electron chi connectivity index (χ2n) is 13.3. The SMILES string of the molecule is CC[C@@]12CCC3CC3c3ccc4c(c3)C(=NC(=O)c3ccc5c(c3)[C@@H](CCC5(F)F)N(C(=O)C1)C(N)=N2)CC(C)(C)O4. The van der Waals surface area contributed by atoms with Crippen LogP contribution in [0.25, 0.3) is 0 Å². The van der Waals surface area contributed by atoms with Crippen LogP contribution in [0.4, 0.5) is 8.78 Å². The maximum absolute atomic E-state index is 15.2. The average Bonchev–Trinajstić information content (AvgIpc) is 3.71. The van der Waals surface area contributed by atoms with Crippen molar-refractivity contribution in [3.05, 3.63) is 64.2 Å². The van der Waals surface area contributed by atoms with E-state index in [1.807, 2.05) is 26.8 Å². The van der Waals surface area contributed by atoms with E-state index in [9.17, 15) is 9.59 Å². The van der Waals surface area contributed by atoms with Crippen LogP contribution in [0, 0.1) is 5.92 Å². The third-order valence-corrected chi connectivity index (χ3v) is 9.96. The van der Waals surface area contributed by atoms with Crippen LogP contribution in [0.1, 0.15) is 117 Å². The Labute approximate surface area is 244 Å². The first-order chi connectivity index (χ1) is 19.9. The monoisotopic (exact) mass is 574 g/mol. The van der Waals surface area contributed by atoms with Crippen molar-refractivity contribution in [2.24, 2.45) is 21.6 Å². The highest BCUT2D eigenvalue weighted by atomic mass is 19.3. The standard InChI is InChI=1S/C33H36F2N4O3/c1-4-32-11-9-19-13-21(19)18-6-8-27-23(14-18)25(16-31(2,3)42-27)37-29(41)20-5-7-24-22(15-20)26(10-12-33(24,34)35)39(28(40)17-32)30(36)38-32/h5-8,14-15,19,21,26H,4,9-13,16-17H2,1-3H3,(H2,36,38)/t19?,21?,26-,32-/m1/s1. The van der Waals surface area contributed by atoms with Crippen molar-refractivity contribution in [3.8, 4) is 5.75 Å². The average molecular weight is 575 g/mol. The van der Waals surface area contributed by atoms with Gasteiger partial charge in [0, 0.05) is 29.5 Å². The summed E-state index contributed by atoms with van der Waals surface area (Å²) >= 11 is 0. The number of hydrogen-bond acceptors (Lipinski definition) is 5. The number of carbonyl (C=O) groups excluding carboxylic acids is 2. The van der Waals surface area contributed by atoms with Crippen LogP contribution in [0.5, 0.6) is 5.75 Å². The molecule has 4 heterocycles. The summed E-state index contributed by atoms with van der Waals surface area (Å²) in [7, 11) is 0. The lowest BCUT2D eigenvalue weighted by Gasteiger charge is -2.43. The fourth-order valence-corrected chi connectivity index (χ4v) is 7.51. The van der Waals surface area contributed by atoms with Crippen molar-refractivity contribution in [1.29, 1.82) is 0 Å². The van der Waals surface area contributed by atoms with Crippen molar-refractivity contribution in [1.82, 2.24) is 4.90 Å². The zero-order valence-electron chi connectivity index (χ0n) is 24.3. The van der Waals surface area contributed by atoms with E-state index in [1.165, 1.54) is 28.7 Å². The van der Waals surface area contributed by atoms with Crippen LogP contribution in [0.3, 0.4) is 0 Å². The van der Waals surface area contributed by atoms with Gasteiger partial charge in [0.15, 0.2) is 5.96 Å². The molecule has 6 aliphatic rings. The maximum atomic E-state index is 15.2. The smallest absolute Gasteiger partial charge is 0.277 e. The van der Waals surface area contributed by atoms with Crippen molar-refractivity contribution in [2.45, 2.75) is 101 Å². The Kier molecular flexibility index (Phi) is 5.96. The molecule has 2 aromatic carbocycles. The Balaban J connectivity index is 1.40. The number of hydrogen-bond donors (Lipinski definition) is 1. The molecular weight excluding hydrogens is 538 g/mol. The fraction of sp³-hybridized carbons (Fsp3) is 0.515. The lowest BCUT2D eigenvalue weighted by molar-refractivity contribution is -0.133. The molecule has 2 unspecified atom stereocenters. The van der Waals surface area contributed by atoms with Gasteiger partial charge in [0.05, 0.1) is 23.7 Å². The number of guanidine groups is 1. The third kappa shape index (κ3) is 4.43. The zero-order chi connectivity index (χ0) is 29.6. The summed E-state index contributed by atoms with van der Waals surface area (Å²) < 4.78 is 36.6. The Morgan fingerprint density at radius 1 is 1.07 bits per heavy atom. The normalized spacial score (nSPS) is 30.8. The summed E-state index contributed by atoms with van der Waals surface area (Å²) in [5.41, 5.74) is 8.18. The molecule has 42 heavy (non-hydrogen) atoms. The number of carbonyl (C=O) groups is 2. The Morgan fingerprint density at radius 2 is 1.88 bits per heavy atom. The lowest BCUT2D eigenvalue weighted by Crippen LogP contribution is -2.53. The summed E-state index contributed by atoms with van der Waals surface area (Å²) in [6, 6.07) is 9.62. The number of aliphatic imine (C=N–C) groups is 2. The molecule has 2 amide bonds. The minimum atomic E-state index is -3.09. The molecule has 0 spiro atoms. The number of ether oxygens (including phenoxy) is 1. The summed E-state index contributed by atoms with van der Waals surface area (Å²) in [4.78, 5) is 38.2. The molecular formula is C33H36F2N4O3. The number of benzene rings is 2. The summed E-state index contributed by atoms with van der Waals surface area (Å²) in [5, 5.41) is 0. The molecule has 9 heteroatoms. The molecule has 220 valence electrons. The molecule has 2 N–H and O–H groups in total. The predicted molar refractivity (Wildman–Crippen MR) is 155 cm³/mol. The first-order valence-corrected chi connectivity index (χ1v) is 15.0. The van der Waals surface area contributed by atoms with E-state index in [1.54, 1.807) is 0 Å². The van der Waals surface area contributed by atoms with Gasteiger partial charge in [0.1, 0.15) is 11.4 Å². The van der Waals surface area contributed by atoms with Gasteiger partial charge in [-0.05, 0) is 93.2 Å². The van der Waals surface area contributed by atoms with Crippen LogP contribution in [0.2, 0.25) is 0 Å². The van der Waals surface area contributed by atoms with E-state index >= 15 is 8.78 Å². The molecule has 4 aliphatic heterocycles. The van der Waals surface area contributed by atoms with Gasteiger partial charge < -0.3 is 10.5 Å². The van der Waals surface area contributed by atoms with Crippen molar-refractivity contribution >= 4 is 23.5 Å². The highest BCUT2D eigenvalue weighted by Crippen LogP contribution is 2.53. The highest BCUT2D eigenvalue weighted by Gasteiger charge is 2.48. The van der Waals surface area contributed by atoms with Gasteiger partial charge in [0.25, 0.3) is 11.8 Å². The number of nitrogens with two attached hydrogens (primary N) is 1. The molecule has 1 fully saturated rings. The predicted octanol–water partition coefficient (Wildman–Crippen LogP) is 6.40. The first kappa shape index (κ1) is 27.2. The van der Waals surface area contributed by atoms with Crippen LogP contribution >= 0.6 is 0 Å². The van der Waals surface area contributed by atoms with Crippen molar-refractivity contribution < 1.29 is 23.1 Å². The molecule has 6 bridgehead atoms. The topological polar surface area (TPSA) is 97.4 Å². The Bertz CT molecular complexity index is 1580. The Hall–Kier alpha value is -3.62. The minimum absolute atomic E-state index is 0.0126. The van der Waals surface area contributed by atoms with Gasteiger partial charge in [-0.15, -0.1) is 0 Å². The summed E-state index contributed by atoms with van der Waals surface area (Å²) in [5.74, 6) is -2.21. The number of amides is 2. The minimum Gasteiger partial charge on any atom is -0.487 e. The van der Waals surface area contributed by atoms with E-state index < -0.39 is 35.4 Å². The molecule has 7 nitrogen and oxygen atoms in total. The van der Waals surface area contributed by atoms with E-state index in [0.29, 0.717) is 36.1 Å². The maximum Gasteiger partial charge on any atom is 0.277 e. The summed E-state index contributed by atoms with van der Waals surface area (Å²) in [6.07, 6.45) is 3.55. The quantitative estimate of drug-likeness (QED) is 0.426. The van der Waals surface area contributed by atoms with Gasteiger partial charge >= 0.3 is 0 Å². The van der Waals surface area contributed by atoms with Gasteiger partial charge in [-0.1, -0.05) is 19.1 Å². The van der Waals surface area contributed by atoms with E-state index in [4.69, 9.17) is 15.5 Å². The van der Waals surface area contributed by atoms with Crippen LogP contribution in [-0.2, 0) is 10.7 Å². The molecule has 2 aromatic rings. The van der Waals surface area contributed by atoms with Crippen molar-refractivity contribution in [2.75, 3.05) is 0 Å². The lowest BCUT2D eigenvalue weighted by atomic mass is 9.81. The molecule has 2 aliphatic carbocycles. The molecule has 0 radical (unpaired) electrons. The van der Waals surface area contributed by atoms with Gasteiger partial charge in [0.2, 0.25) is 5.91 Å². The number of rotatable bonds is 1. The fourth-order valence-electron chi connectivity index (χ4n) is 7.51.